The summed E-state index contributed by atoms with van der Waals surface area (Å²) in [6, 6.07) is 7.49. The number of halogens is 1. The van der Waals surface area contributed by atoms with Crippen molar-refractivity contribution in [3.8, 4) is 5.75 Å². The second-order valence-electron chi connectivity index (χ2n) is 3.69. The molecule has 5 heteroatoms. The average Bonchev–Trinajstić information content (AvgIpc) is 2.37. The molecule has 0 aromatic heterocycles. The van der Waals surface area contributed by atoms with Gasteiger partial charge in [-0.3, -0.25) is 0 Å². The second kappa shape index (κ2) is 7.50. The Morgan fingerprint density at radius 1 is 1.35 bits per heavy atom. The lowest BCUT2D eigenvalue weighted by Gasteiger charge is -2.11. The quantitative estimate of drug-likeness (QED) is 0.721. The van der Waals surface area contributed by atoms with Gasteiger partial charge in [0, 0.05) is 20.1 Å². The Bertz CT molecular complexity index is 318. The van der Waals surface area contributed by atoms with E-state index in [4.69, 9.17) is 26.8 Å². The van der Waals surface area contributed by atoms with Crippen LogP contribution in [0.4, 0.5) is 0 Å². The van der Waals surface area contributed by atoms with Gasteiger partial charge in [0.1, 0.15) is 24.0 Å². The maximum atomic E-state index is 9.24. The highest BCUT2D eigenvalue weighted by Gasteiger charge is 2.05. The van der Waals surface area contributed by atoms with E-state index in [0.29, 0.717) is 12.2 Å². The van der Waals surface area contributed by atoms with Crippen LogP contribution >= 0.6 is 11.6 Å². The van der Waals surface area contributed by atoms with Gasteiger partial charge in [0.2, 0.25) is 0 Å². The first-order valence-electron chi connectivity index (χ1n) is 5.42. The fourth-order valence-electron chi connectivity index (χ4n) is 1.25. The molecule has 17 heavy (non-hydrogen) atoms. The van der Waals surface area contributed by atoms with Crippen molar-refractivity contribution in [3.63, 3.8) is 0 Å². The summed E-state index contributed by atoms with van der Waals surface area (Å²) in [6.07, 6.45) is 0.0134. The van der Waals surface area contributed by atoms with Crippen molar-refractivity contribution in [2.45, 2.75) is 18.1 Å². The van der Waals surface area contributed by atoms with Gasteiger partial charge in [0.05, 0.1) is 0 Å². The summed E-state index contributed by atoms with van der Waals surface area (Å²) >= 11 is 5.86. The number of hydrogen-bond acceptors (Lipinski definition) is 4. The summed E-state index contributed by atoms with van der Waals surface area (Å²) < 4.78 is 10.3. The fourth-order valence-corrected chi connectivity index (χ4v) is 1.43. The van der Waals surface area contributed by atoms with Gasteiger partial charge in [0.25, 0.3) is 0 Å². The van der Waals surface area contributed by atoms with E-state index in [9.17, 15) is 5.11 Å². The normalized spacial score (nSPS) is 14.4. The number of alkyl halides is 1. The van der Waals surface area contributed by atoms with E-state index in [1.165, 1.54) is 0 Å². The number of rotatable bonds is 7. The zero-order chi connectivity index (χ0) is 12.7. The molecule has 0 saturated carbocycles. The Hall–Kier alpha value is -0.810. The third-order valence-corrected chi connectivity index (χ3v) is 2.62. The van der Waals surface area contributed by atoms with Crippen molar-refractivity contribution in [2.75, 3.05) is 20.3 Å². The van der Waals surface area contributed by atoms with Gasteiger partial charge in [-0.2, -0.15) is 0 Å². The van der Waals surface area contributed by atoms with Gasteiger partial charge in [-0.25, -0.2) is 0 Å². The number of ether oxygens (including phenoxy) is 2. The first-order valence-corrected chi connectivity index (χ1v) is 5.86. The number of methoxy groups -OCH3 is 1. The van der Waals surface area contributed by atoms with Crippen molar-refractivity contribution < 1.29 is 14.6 Å². The summed E-state index contributed by atoms with van der Waals surface area (Å²) in [7, 11) is 1.57. The molecule has 1 aromatic rings. The molecule has 0 radical (unpaired) electrons. The van der Waals surface area contributed by atoms with Crippen LogP contribution in [0.15, 0.2) is 24.3 Å². The molecule has 0 aliphatic carbocycles. The highest BCUT2D eigenvalue weighted by atomic mass is 35.5. The van der Waals surface area contributed by atoms with Gasteiger partial charge in [-0.1, -0.05) is 23.7 Å². The van der Waals surface area contributed by atoms with Gasteiger partial charge in [-0.05, 0) is 17.7 Å². The summed E-state index contributed by atoms with van der Waals surface area (Å²) in [5, 5.41) is 9.24. The van der Waals surface area contributed by atoms with Crippen LogP contribution in [0.1, 0.15) is 5.56 Å². The van der Waals surface area contributed by atoms with Crippen molar-refractivity contribution in [2.24, 2.45) is 5.73 Å². The van der Waals surface area contributed by atoms with Crippen LogP contribution in [0.25, 0.3) is 0 Å². The first-order chi connectivity index (χ1) is 8.15. The largest absolute Gasteiger partial charge is 0.491 e. The Labute approximate surface area is 106 Å². The molecule has 0 bridgehead atoms. The smallest absolute Gasteiger partial charge is 0.134 e. The van der Waals surface area contributed by atoms with Gasteiger partial charge < -0.3 is 20.3 Å². The lowest BCUT2D eigenvalue weighted by atomic mass is 10.1. The predicted molar refractivity (Wildman–Crippen MR) is 67.4 cm³/mol. The number of aliphatic hydroxyl groups is 1. The highest BCUT2D eigenvalue weighted by Crippen LogP contribution is 2.15. The average molecular weight is 260 g/mol. The molecule has 2 unspecified atom stereocenters. The minimum atomic E-state index is -0.629. The van der Waals surface area contributed by atoms with Crippen LogP contribution in [-0.2, 0) is 11.2 Å². The van der Waals surface area contributed by atoms with Gasteiger partial charge in [-0.15, -0.1) is 0 Å². The summed E-state index contributed by atoms with van der Waals surface area (Å²) in [6.45, 7) is 0.395. The van der Waals surface area contributed by atoms with E-state index in [-0.39, 0.29) is 18.7 Å². The van der Waals surface area contributed by atoms with Crippen molar-refractivity contribution >= 4 is 11.6 Å². The van der Waals surface area contributed by atoms with E-state index in [0.717, 1.165) is 5.56 Å². The molecule has 4 nitrogen and oxygen atoms in total. The second-order valence-corrected chi connectivity index (χ2v) is 4.18. The molecule has 2 atom stereocenters. The van der Waals surface area contributed by atoms with Crippen LogP contribution in [0.5, 0.6) is 5.75 Å². The van der Waals surface area contributed by atoms with Crippen LogP contribution in [0.2, 0.25) is 0 Å². The summed E-state index contributed by atoms with van der Waals surface area (Å²) in [5.41, 5.74) is 6.02. The zero-order valence-corrected chi connectivity index (χ0v) is 10.6. The van der Waals surface area contributed by atoms with Crippen molar-refractivity contribution in [1.29, 1.82) is 0 Å². The molecule has 96 valence electrons. The minimum absolute atomic E-state index is 0.194. The molecule has 1 aromatic carbocycles. The van der Waals surface area contributed by atoms with Crippen LogP contribution in [0, 0.1) is 0 Å². The lowest BCUT2D eigenvalue weighted by molar-refractivity contribution is 0.114. The summed E-state index contributed by atoms with van der Waals surface area (Å²) in [5.74, 6) is 0.699. The number of hydrogen-bond donors (Lipinski definition) is 2. The Balaban J connectivity index is 2.44. The lowest BCUT2D eigenvalue weighted by Crippen LogP contribution is -2.26. The first kappa shape index (κ1) is 14.3. The Morgan fingerprint density at radius 2 is 2.00 bits per heavy atom. The van der Waals surface area contributed by atoms with E-state index in [1.807, 2.05) is 24.3 Å². The molecule has 3 N–H and O–H groups in total. The molecule has 0 heterocycles. The number of benzene rings is 1. The van der Waals surface area contributed by atoms with E-state index in [2.05, 4.69) is 0 Å². The van der Waals surface area contributed by atoms with Crippen LogP contribution in [-0.4, -0.2) is 37.0 Å². The Morgan fingerprint density at radius 3 is 2.53 bits per heavy atom. The molecule has 0 spiro atoms. The molecule has 0 saturated heterocycles. The molecule has 0 aliphatic rings. The maximum Gasteiger partial charge on any atom is 0.134 e. The Kier molecular flexibility index (Phi) is 6.29. The van der Waals surface area contributed by atoms with E-state index >= 15 is 0 Å². The molecule has 0 aliphatic heterocycles. The van der Waals surface area contributed by atoms with Crippen molar-refractivity contribution in [3.05, 3.63) is 29.8 Å². The van der Waals surface area contributed by atoms with Gasteiger partial charge >= 0.3 is 0 Å². The summed E-state index contributed by atoms with van der Waals surface area (Å²) in [4.78, 5) is 0. The molecule has 1 rings (SSSR count). The van der Waals surface area contributed by atoms with Crippen LogP contribution in [0.3, 0.4) is 0 Å². The standard InChI is InChI=1S/C12H18ClNO3/c1-16-12(13)6-9-2-4-11(5-3-9)17-8-10(15)7-14/h2-5,10,12,15H,6-8,14H2,1H3. The molecule has 0 fully saturated rings. The monoisotopic (exact) mass is 259 g/mol. The minimum Gasteiger partial charge on any atom is -0.491 e. The van der Waals surface area contributed by atoms with E-state index < -0.39 is 6.10 Å². The fraction of sp³-hybridized carbons (Fsp3) is 0.500. The SMILES string of the molecule is COC(Cl)Cc1ccc(OCC(O)CN)cc1. The zero-order valence-electron chi connectivity index (χ0n) is 9.80. The molecular weight excluding hydrogens is 242 g/mol. The third-order valence-electron chi connectivity index (χ3n) is 2.29. The molecule has 0 amide bonds. The molecular formula is C12H18ClNO3. The highest BCUT2D eigenvalue weighted by molar-refractivity contribution is 6.19. The maximum absolute atomic E-state index is 9.24. The number of aliphatic hydroxyl groups excluding tert-OH is 1. The van der Waals surface area contributed by atoms with E-state index in [1.54, 1.807) is 7.11 Å². The topological polar surface area (TPSA) is 64.7 Å². The van der Waals surface area contributed by atoms with Gasteiger partial charge in [0.15, 0.2) is 0 Å². The number of nitrogens with two attached hydrogens (primary N) is 1. The van der Waals surface area contributed by atoms with Crippen molar-refractivity contribution in [1.82, 2.24) is 0 Å². The third kappa shape index (κ3) is 5.37. The van der Waals surface area contributed by atoms with Crippen LogP contribution < -0.4 is 10.5 Å². The predicted octanol–water partition coefficient (Wildman–Crippen LogP) is 1.14.